The van der Waals surface area contributed by atoms with Gasteiger partial charge in [0.1, 0.15) is 5.36 Å². The number of allylic oxidation sites excluding steroid dienone is 1. The highest BCUT2D eigenvalue weighted by atomic mass is 16.3. The van der Waals surface area contributed by atoms with Crippen molar-refractivity contribution in [1.29, 1.82) is 5.26 Å². The summed E-state index contributed by atoms with van der Waals surface area (Å²) >= 11 is 0. The molecule has 154 valence electrons. The lowest BCUT2D eigenvalue weighted by atomic mass is 9.83. The molecule has 1 N–H and O–H groups in total. The summed E-state index contributed by atoms with van der Waals surface area (Å²) in [5, 5.41) is 18.5. The van der Waals surface area contributed by atoms with E-state index in [1.54, 1.807) is 12.3 Å². The highest BCUT2D eigenvalue weighted by Gasteiger charge is 2.38. The molecule has 0 saturated heterocycles. The third-order valence-corrected chi connectivity index (χ3v) is 5.67. The number of nitrogens with zero attached hydrogens (tertiary/aromatic N) is 4. The summed E-state index contributed by atoms with van der Waals surface area (Å²) in [6.07, 6.45) is 3.35. The van der Waals surface area contributed by atoms with Gasteiger partial charge in [0.25, 0.3) is 0 Å². The van der Waals surface area contributed by atoms with Gasteiger partial charge in [-0.05, 0) is 37.3 Å². The van der Waals surface area contributed by atoms with E-state index in [1.165, 1.54) is 25.2 Å². The molecule has 0 aromatic heterocycles. The molecule has 2 aromatic rings. The number of rotatable bonds is 4. The molecule has 0 aliphatic carbocycles. The number of hydrogen-bond donors (Lipinski definition) is 1. The van der Waals surface area contributed by atoms with E-state index in [0.29, 0.717) is 5.56 Å². The summed E-state index contributed by atoms with van der Waals surface area (Å²) in [7, 11) is 1.94. The predicted octanol–water partition coefficient (Wildman–Crippen LogP) is 3.13. The SMILES string of the molecule is CCN(CC)CC.CN1C(=Cc2c(O)c(=O)c2=NC#N)C(C)(C)c2ccccc21. The third kappa shape index (κ3) is 4.10. The van der Waals surface area contributed by atoms with Gasteiger partial charge < -0.3 is 14.9 Å². The van der Waals surface area contributed by atoms with E-state index in [4.69, 9.17) is 5.26 Å². The van der Waals surface area contributed by atoms with Crippen LogP contribution in [0.15, 0.2) is 39.7 Å². The van der Waals surface area contributed by atoms with Crippen molar-refractivity contribution in [3.8, 4) is 11.9 Å². The largest absolute Gasteiger partial charge is 0.504 e. The summed E-state index contributed by atoms with van der Waals surface area (Å²) in [4.78, 5) is 19.5. The maximum atomic E-state index is 11.6. The lowest BCUT2D eigenvalue weighted by molar-refractivity contribution is 0.321. The average molecular weight is 395 g/mol. The molecule has 29 heavy (non-hydrogen) atoms. The fourth-order valence-electron chi connectivity index (χ4n) is 3.77. The second kappa shape index (κ2) is 9.06. The molecule has 1 aliphatic heterocycles. The molecule has 6 heteroatoms. The first-order valence-electron chi connectivity index (χ1n) is 9.97. The second-order valence-electron chi connectivity index (χ2n) is 7.50. The molecule has 1 aliphatic rings. The normalized spacial score (nSPS) is 16.7. The van der Waals surface area contributed by atoms with Crippen LogP contribution in [0.4, 0.5) is 5.69 Å². The quantitative estimate of drug-likeness (QED) is 0.806. The van der Waals surface area contributed by atoms with E-state index >= 15 is 0 Å². The number of aromatic hydroxyl groups is 1. The van der Waals surface area contributed by atoms with Gasteiger partial charge in [-0.15, -0.1) is 0 Å². The molecule has 0 fully saturated rings. The molecule has 6 nitrogen and oxygen atoms in total. The lowest BCUT2D eigenvalue weighted by Gasteiger charge is -2.24. The Morgan fingerprint density at radius 3 is 2.28 bits per heavy atom. The van der Waals surface area contributed by atoms with Crippen LogP contribution in [0.3, 0.4) is 0 Å². The van der Waals surface area contributed by atoms with Crippen molar-refractivity contribution in [2.75, 3.05) is 31.6 Å². The smallest absolute Gasteiger partial charge is 0.247 e. The van der Waals surface area contributed by atoms with Gasteiger partial charge >= 0.3 is 0 Å². The molecule has 0 radical (unpaired) electrons. The Bertz CT molecular complexity index is 1010. The van der Waals surface area contributed by atoms with Gasteiger partial charge in [0.2, 0.25) is 11.6 Å². The Morgan fingerprint density at radius 2 is 1.79 bits per heavy atom. The zero-order valence-electron chi connectivity index (χ0n) is 18.2. The lowest BCUT2D eigenvalue weighted by Crippen LogP contribution is -2.35. The summed E-state index contributed by atoms with van der Waals surface area (Å²) in [6.45, 7) is 14.3. The minimum Gasteiger partial charge on any atom is -0.504 e. The molecule has 0 spiro atoms. The van der Waals surface area contributed by atoms with Gasteiger partial charge in [-0.1, -0.05) is 52.8 Å². The number of hydrogen-bond acceptors (Lipinski definition) is 6. The average Bonchev–Trinajstić information content (AvgIpc) is 2.92. The number of fused-ring (bicyclic) bond motifs is 1. The highest BCUT2D eigenvalue weighted by Crippen LogP contribution is 2.47. The Kier molecular flexibility index (Phi) is 6.99. The Balaban J connectivity index is 0.000000370. The number of likely N-dealkylation sites (N-methyl/N-ethyl adjacent to an activating group) is 1. The van der Waals surface area contributed by atoms with Crippen LogP contribution in [0, 0.1) is 11.5 Å². The van der Waals surface area contributed by atoms with Crippen LogP contribution in [0.25, 0.3) is 6.08 Å². The molecule has 0 amide bonds. The number of nitriles is 1. The van der Waals surface area contributed by atoms with Crippen LogP contribution in [-0.2, 0) is 5.41 Å². The van der Waals surface area contributed by atoms with Crippen LogP contribution in [-0.4, -0.2) is 36.7 Å². The molecule has 1 heterocycles. The van der Waals surface area contributed by atoms with Crippen molar-refractivity contribution in [3.05, 3.63) is 56.7 Å². The predicted molar refractivity (Wildman–Crippen MR) is 117 cm³/mol. The highest BCUT2D eigenvalue weighted by molar-refractivity contribution is 5.77. The molecule has 2 aromatic carbocycles. The van der Waals surface area contributed by atoms with E-state index in [2.05, 4.69) is 50.6 Å². The van der Waals surface area contributed by atoms with Crippen LogP contribution in [0.2, 0.25) is 0 Å². The van der Waals surface area contributed by atoms with Crippen molar-refractivity contribution in [1.82, 2.24) is 4.90 Å². The van der Waals surface area contributed by atoms with Crippen LogP contribution >= 0.6 is 0 Å². The fourth-order valence-corrected chi connectivity index (χ4v) is 3.77. The van der Waals surface area contributed by atoms with Crippen LogP contribution in [0.1, 0.15) is 45.7 Å². The summed E-state index contributed by atoms with van der Waals surface area (Å²) in [5.74, 6) is -0.332. The van der Waals surface area contributed by atoms with Gasteiger partial charge in [0, 0.05) is 23.8 Å². The van der Waals surface area contributed by atoms with Crippen molar-refractivity contribution >= 4 is 11.8 Å². The Labute approximate surface area is 172 Å². The van der Waals surface area contributed by atoms with E-state index in [0.717, 1.165) is 11.4 Å². The minimum atomic E-state index is -0.579. The van der Waals surface area contributed by atoms with E-state index in [1.807, 2.05) is 30.1 Å². The van der Waals surface area contributed by atoms with Gasteiger partial charge in [0.15, 0.2) is 5.75 Å². The number of para-hydroxylation sites is 1. The third-order valence-electron chi connectivity index (χ3n) is 5.67. The van der Waals surface area contributed by atoms with Gasteiger partial charge in [-0.3, -0.25) is 4.79 Å². The van der Waals surface area contributed by atoms with Crippen LogP contribution in [0.5, 0.6) is 5.75 Å². The van der Waals surface area contributed by atoms with Crippen molar-refractivity contribution < 1.29 is 5.11 Å². The first-order valence-corrected chi connectivity index (χ1v) is 9.97. The maximum Gasteiger partial charge on any atom is 0.247 e. The molecular weight excluding hydrogens is 364 g/mol. The van der Waals surface area contributed by atoms with Crippen molar-refractivity contribution in [2.45, 2.75) is 40.0 Å². The van der Waals surface area contributed by atoms with Crippen molar-refractivity contribution in [2.24, 2.45) is 4.99 Å². The van der Waals surface area contributed by atoms with Gasteiger partial charge in [-0.2, -0.15) is 10.3 Å². The van der Waals surface area contributed by atoms with E-state index in [9.17, 15) is 9.90 Å². The van der Waals surface area contributed by atoms with Gasteiger partial charge in [-0.25, -0.2) is 0 Å². The molecule has 0 unspecified atom stereocenters. The molecule has 0 atom stereocenters. The molecule has 3 rings (SSSR count). The number of anilines is 1. The Morgan fingerprint density at radius 1 is 1.21 bits per heavy atom. The topological polar surface area (TPSA) is 79.9 Å². The summed E-state index contributed by atoms with van der Waals surface area (Å²) in [5.41, 5.74) is 2.68. The Hall–Kier alpha value is -2.91. The zero-order chi connectivity index (χ0) is 21.8. The molecular formula is C23H30N4O2. The fraction of sp³-hybridized carbons (Fsp3) is 0.435. The molecule has 0 bridgehead atoms. The van der Waals surface area contributed by atoms with Crippen molar-refractivity contribution in [3.63, 3.8) is 0 Å². The summed E-state index contributed by atoms with van der Waals surface area (Å²) in [6, 6.07) is 8.06. The zero-order valence-corrected chi connectivity index (χ0v) is 18.2. The second-order valence-corrected chi connectivity index (χ2v) is 7.50. The first-order chi connectivity index (χ1) is 13.7. The summed E-state index contributed by atoms with van der Waals surface area (Å²) < 4.78 is 0. The maximum absolute atomic E-state index is 11.6. The number of benzene rings is 1. The van der Waals surface area contributed by atoms with E-state index < -0.39 is 5.43 Å². The molecule has 0 saturated carbocycles. The monoisotopic (exact) mass is 394 g/mol. The minimum absolute atomic E-state index is 0.0210. The van der Waals surface area contributed by atoms with Gasteiger partial charge in [0.05, 0.1) is 5.56 Å². The first kappa shape index (κ1) is 22.4. The van der Waals surface area contributed by atoms with E-state index in [-0.39, 0.29) is 16.5 Å². The van der Waals surface area contributed by atoms with Crippen LogP contribution < -0.4 is 15.7 Å². The standard InChI is InChI=1S/C17H15N3O2.C6H15N/c1-17(2)11-6-4-5-7-12(11)20(3)13(17)8-10-14(19-9-18)16(22)15(10)21;1-4-7(5-2)6-3/h4-8,21H,1-3H3;4-6H2,1-3H3.